The summed E-state index contributed by atoms with van der Waals surface area (Å²) in [6, 6.07) is 0. The fraction of sp³-hybridized carbons (Fsp3) is 0.429. The molecule has 0 unspecified atom stereocenters. The fourth-order valence-electron chi connectivity index (χ4n) is 0.558. The van der Waals surface area contributed by atoms with Crippen molar-refractivity contribution in [2.24, 2.45) is 5.73 Å². The van der Waals surface area contributed by atoms with Crippen LogP contribution in [0.25, 0.3) is 0 Å². The van der Waals surface area contributed by atoms with Gasteiger partial charge in [0, 0.05) is 12.2 Å². The molecular weight excluding hydrogens is 162 g/mol. The Morgan fingerprint density at radius 2 is 2.08 bits per heavy atom. The van der Waals surface area contributed by atoms with Crippen LogP contribution in [-0.2, 0) is 9.53 Å². The monoisotopic (exact) mass is 173 g/mol. The number of nitrogens with two attached hydrogens (primary N) is 1. The minimum absolute atomic E-state index is 0.0388. The molecule has 0 aromatic heterocycles. The summed E-state index contributed by atoms with van der Waals surface area (Å²) in [5, 5.41) is 8.39. The van der Waals surface area contributed by atoms with E-state index in [1.54, 1.807) is 0 Å². The molecule has 68 valence electrons. The molecule has 0 aliphatic carbocycles. The molecule has 0 aromatic carbocycles. The van der Waals surface area contributed by atoms with Crippen molar-refractivity contribution in [3.63, 3.8) is 0 Å². The first kappa shape index (κ1) is 10.6. The van der Waals surface area contributed by atoms with E-state index >= 15 is 0 Å². The third-order valence-electron chi connectivity index (χ3n) is 1.12. The molecule has 12 heavy (non-hydrogen) atoms. The van der Waals surface area contributed by atoms with Gasteiger partial charge in [-0.15, -0.1) is 0 Å². The molecule has 0 aromatic rings. The van der Waals surface area contributed by atoms with Gasteiger partial charge < -0.3 is 15.6 Å². The predicted molar refractivity (Wildman–Crippen MR) is 41.1 cm³/mol. The smallest absolute Gasteiger partial charge is 0.396 e. The van der Waals surface area contributed by atoms with E-state index in [4.69, 9.17) is 5.11 Å². The van der Waals surface area contributed by atoms with Crippen molar-refractivity contribution in [1.82, 2.24) is 0 Å². The molecule has 0 aliphatic heterocycles. The summed E-state index contributed by atoms with van der Waals surface area (Å²) in [5.74, 6) is -0.837. The quantitative estimate of drug-likeness (QED) is 0.354. The number of aliphatic hydroxyl groups is 1. The normalized spacial score (nSPS) is 9.08. The number of esters is 1. The zero-order valence-electron chi connectivity index (χ0n) is 6.58. The summed E-state index contributed by atoms with van der Waals surface area (Å²) in [4.78, 5) is 20.8. The molecule has 1 amide bonds. The third kappa shape index (κ3) is 4.45. The van der Waals surface area contributed by atoms with Crippen LogP contribution in [0, 0.1) is 0 Å². The lowest BCUT2D eigenvalue weighted by atomic mass is 10.2. The van der Waals surface area contributed by atoms with Crippen LogP contribution in [0.5, 0.6) is 0 Å². The highest BCUT2D eigenvalue weighted by atomic mass is 16.6. The number of carbonyl (C=O) groups excluding carboxylic acids is 2. The number of amides is 1. The average molecular weight is 173 g/mol. The molecule has 0 radical (unpaired) electrons. The van der Waals surface area contributed by atoms with Gasteiger partial charge in [0.2, 0.25) is 0 Å². The van der Waals surface area contributed by atoms with Crippen LogP contribution >= 0.6 is 0 Å². The number of ether oxygens (including phenoxy) is 1. The first-order chi connectivity index (χ1) is 5.57. The van der Waals surface area contributed by atoms with Gasteiger partial charge in [0.25, 0.3) is 0 Å². The van der Waals surface area contributed by atoms with Gasteiger partial charge in [0.05, 0.1) is 0 Å². The summed E-state index contributed by atoms with van der Waals surface area (Å²) >= 11 is 0. The summed E-state index contributed by atoms with van der Waals surface area (Å²) in [6.07, 6.45) is -0.444. The summed E-state index contributed by atoms with van der Waals surface area (Å²) in [6.45, 7) is 3.31. The molecule has 0 rings (SSSR count). The number of aliphatic hydroxyl groups excluding tert-OH is 1. The molecule has 0 fully saturated rings. The lowest BCUT2D eigenvalue weighted by molar-refractivity contribution is -0.132. The van der Waals surface area contributed by atoms with Crippen molar-refractivity contribution in [1.29, 1.82) is 0 Å². The van der Waals surface area contributed by atoms with Gasteiger partial charge >= 0.3 is 12.1 Å². The van der Waals surface area contributed by atoms with Gasteiger partial charge in [-0.25, -0.2) is 9.59 Å². The second-order valence-corrected chi connectivity index (χ2v) is 2.14. The first-order valence-electron chi connectivity index (χ1n) is 3.38. The van der Waals surface area contributed by atoms with Gasteiger partial charge in [-0.1, -0.05) is 6.58 Å². The second-order valence-electron chi connectivity index (χ2n) is 2.14. The van der Waals surface area contributed by atoms with E-state index in [0.717, 1.165) is 0 Å². The molecule has 3 N–H and O–H groups in total. The van der Waals surface area contributed by atoms with Crippen LogP contribution in [0.2, 0.25) is 0 Å². The minimum atomic E-state index is -1.15. The third-order valence-corrected chi connectivity index (χ3v) is 1.12. The van der Waals surface area contributed by atoms with Crippen LogP contribution in [-0.4, -0.2) is 23.8 Å². The molecule has 0 saturated carbocycles. The number of hydrogen-bond donors (Lipinski definition) is 2. The maximum Gasteiger partial charge on any atom is 0.412 e. The Kier molecular flexibility index (Phi) is 4.71. The Morgan fingerprint density at radius 3 is 2.50 bits per heavy atom. The van der Waals surface area contributed by atoms with Crippen LogP contribution in [0.1, 0.15) is 12.8 Å². The largest absolute Gasteiger partial charge is 0.412 e. The maximum atomic E-state index is 10.8. The highest BCUT2D eigenvalue weighted by molar-refractivity contribution is 5.94. The zero-order valence-corrected chi connectivity index (χ0v) is 6.58. The summed E-state index contributed by atoms with van der Waals surface area (Å²) in [5.41, 5.74) is 4.71. The SMILES string of the molecule is C=C(CCCO)C(=O)OC(N)=O. The minimum Gasteiger partial charge on any atom is -0.396 e. The number of rotatable bonds is 4. The summed E-state index contributed by atoms with van der Waals surface area (Å²) in [7, 11) is 0. The van der Waals surface area contributed by atoms with Crippen molar-refractivity contribution in [3.05, 3.63) is 12.2 Å². The molecular formula is C7H11NO4. The lowest BCUT2D eigenvalue weighted by Crippen LogP contribution is -2.19. The molecule has 0 saturated heterocycles. The Hall–Kier alpha value is -1.36. The topological polar surface area (TPSA) is 89.6 Å². The van der Waals surface area contributed by atoms with Crippen LogP contribution in [0.3, 0.4) is 0 Å². The van der Waals surface area contributed by atoms with Crippen LogP contribution in [0.4, 0.5) is 4.79 Å². The van der Waals surface area contributed by atoms with E-state index < -0.39 is 12.1 Å². The number of primary amides is 1. The molecule has 0 heterocycles. The van der Waals surface area contributed by atoms with E-state index in [2.05, 4.69) is 17.0 Å². The highest BCUT2D eigenvalue weighted by Gasteiger charge is 2.10. The van der Waals surface area contributed by atoms with E-state index in [1.165, 1.54) is 0 Å². The van der Waals surface area contributed by atoms with E-state index in [-0.39, 0.29) is 12.2 Å². The predicted octanol–water partition coefficient (Wildman–Crippen LogP) is -0.0630. The van der Waals surface area contributed by atoms with Crippen molar-refractivity contribution in [2.75, 3.05) is 6.61 Å². The lowest BCUT2D eigenvalue weighted by Gasteiger charge is -2.01. The van der Waals surface area contributed by atoms with E-state index in [9.17, 15) is 9.59 Å². The zero-order chi connectivity index (χ0) is 9.56. The number of hydrogen-bond acceptors (Lipinski definition) is 4. The standard InChI is InChI=1S/C7H11NO4/c1-5(3-2-4-9)6(10)12-7(8)11/h9H,1-4H2,(H2,8,11). The molecule has 5 heteroatoms. The van der Waals surface area contributed by atoms with Gasteiger partial charge in [-0.2, -0.15) is 0 Å². The van der Waals surface area contributed by atoms with E-state index in [1.807, 2.05) is 0 Å². The molecule has 0 aliphatic rings. The van der Waals surface area contributed by atoms with Crippen molar-refractivity contribution >= 4 is 12.1 Å². The van der Waals surface area contributed by atoms with Gasteiger partial charge in [-0.3, -0.25) is 0 Å². The molecule has 0 atom stereocenters. The Balaban J connectivity index is 3.77. The average Bonchev–Trinajstić information content (AvgIpc) is 1.98. The molecule has 0 bridgehead atoms. The van der Waals surface area contributed by atoms with Gasteiger partial charge in [0.15, 0.2) is 0 Å². The second kappa shape index (κ2) is 5.31. The highest BCUT2D eigenvalue weighted by Crippen LogP contribution is 2.03. The Labute approximate surface area is 69.8 Å². The molecule has 5 nitrogen and oxygen atoms in total. The van der Waals surface area contributed by atoms with Crippen molar-refractivity contribution in [2.45, 2.75) is 12.8 Å². The van der Waals surface area contributed by atoms with Crippen LogP contribution < -0.4 is 5.73 Å². The first-order valence-corrected chi connectivity index (χ1v) is 3.38. The maximum absolute atomic E-state index is 10.8. The summed E-state index contributed by atoms with van der Waals surface area (Å²) < 4.78 is 4.03. The Morgan fingerprint density at radius 1 is 1.50 bits per heavy atom. The number of carbonyl (C=O) groups is 2. The fourth-order valence-corrected chi connectivity index (χ4v) is 0.558. The van der Waals surface area contributed by atoms with E-state index in [0.29, 0.717) is 12.8 Å². The molecule has 0 spiro atoms. The Bertz CT molecular complexity index is 200. The van der Waals surface area contributed by atoms with Crippen molar-refractivity contribution in [3.8, 4) is 0 Å². The van der Waals surface area contributed by atoms with Crippen molar-refractivity contribution < 1.29 is 19.4 Å². The van der Waals surface area contributed by atoms with Crippen LogP contribution in [0.15, 0.2) is 12.2 Å². The van der Waals surface area contributed by atoms with Gasteiger partial charge in [-0.05, 0) is 12.8 Å². The van der Waals surface area contributed by atoms with Gasteiger partial charge in [0.1, 0.15) is 0 Å².